The number of hydrogen-bond acceptors (Lipinski definition) is 8. The van der Waals surface area contributed by atoms with Crippen LogP contribution in [0.1, 0.15) is 23.4 Å². The Hall–Kier alpha value is -2.26. The number of rotatable bonds is 8. The van der Waals surface area contributed by atoms with Gasteiger partial charge in [0.05, 0.1) is 0 Å². The van der Waals surface area contributed by atoms with Crippen molar-refractivity contribution in [2.45, 2.75) is 31.8 Å². The number of amides is 1. The lowest BCUT2D eigenvalue weighted by atomic mass is 10.1. The van der Waals surface area contributed by atoms with Gasteiger partial charge in [-0.3, -0.25) is 9.69 Å². The first-order valence-corrected chi connectivity index (χ1v) is 11.2. The largest absolute Gasteiger partial charge is 0.355 e. The van der Waals surface area contributed by atoms with Crippen molar-refractivity contribution in [3.05, 3.63) is 35.4 Å². The normalized spacial score (nSPS) is 14.8. The molecule has 1 saturated heterocycles. The molecule has 8 nitrogen and oxygen atoms in total. The average Bonchev–Trinajstić information content (AvgIpc) is 2.74. The highest BCUT2D eigenvalue weighted by atomic mass is 32.2. The molecule has 156 valence electrons. The van der Waals surface area contributed by atoms with Gasteiger partial charge >= 0.3 is 0 Å². The first-order valence-electron chi connectivity index (χ1n) is 9.96. The van der Waals surface area contributed by atoms with Crippen LogP contribution in [0.5, 0.6) is 0 Å². The van der Waals surface area contributed by atoms with Crippen molar-refractivity contribution >= 4 is 23.6 Å². The van der Waals surface area contributed by atoms with Gasteiger partial charge in [-0.25, -0.2) is 19.9 Å². The lowest BCUT2D eigenvalue weighted by Gasteiger charge is -2.34. The highest BCUT2D eigenvalue weighted by Crippen LogP contribution is 2.17. The quantitative estimate of drug-likeness (QED) is 0.512. The molecular formula is C20H29N7OS. The van der Waals surface area contributed by atoms with Gasteiger partial charge in [-0.05, 0) is 38.2 Å². The molecule has 0 saturated carbocycles. The molecule has 3 rings (SSSR count). The van der Waals surface area contributed by atoms with Crippen LogP contribution in [-0.2, 0) is 11.2 Å². The first kappa shape index (κ1) is 21.4. The van der Waals surface area contributed by atoms with Crippen LogP contribution in [-0.4, -0.2) is 76.3 Å². The number of aromatic nitrogens is 4. The number of carbonyl (C=O) groups is 1. The van der Waals surface area contributed by atoms with Crippen LogP contribution in [0.15, 0.2) is 23.6 Å². The molecule has 1 aliphatic rings. The van der Waals surface area contributed by atoms with Gasteiger partial charge in [0.15, 0.2) is 5.16 Å². The maximum Gasteiger partial charge on any atom is 0.225 e. The molecule has 1 N–H and O–H groups in total. The van der Waals surface area contributed by atoms with Crippen LogP contribution < -0.4 is 10.2 Å². The zero-order valence-electron chi connectivity index (χ0n) is 17.4. The SMILES string of the molecule is CSc1nc(C)c(CCC(=O)NCCN2CCN(c3ncccn3)CC2)c(C)n1. The van der Waals surface area contributed by atoms with Crippen LogP contribution >= 0.6 is 11.8 Å². The molecule has 2 aromatic heterocycles. The van der Waals surface area contributed by atoms with Crippen molar-refractivity contribution in [1.82, 2.24) is 30.2 Å². The molecule has 1 aliphatic heterocycles. The van der Waals surface area contributed by atoms with E-state index >= 15 is 0 Å². The van der Waals surface area contributed by atoms with E-state index in [-0.39, 0.29) is 5.91 Å². The Labute approximate surface area is 176 Å². The predicted octanol–water partition coefficient (Wildman–Crippen LogP) is 1.48. The lowest BCUT2D eigenvalue weighted by molar-refractivity contribution is -0.121. The van der Waals surface area contributed by atoms with Gasteiger partial charge in [-0.2, -0.15) is 0 Å². The van der Waals surface area contributed by atoms with Crippen molar-refractivity contribution < 1.29 is 4.79 Å². The van der Waals surface area contributed by atoms with E-state index in [1.54, 1.807) is 12.4 Å². The summed E-state index contributed by atoms with van der Waals surface area (Å²) in [4.78, 5) is 34.4. The van der Waals surface area contributed by atoms with Gasteiger partial charge < -0.3 is 10.2 Å². The van der Waals surface area contributed by atoms with E-state index in [1.807, 2.05) is 26.2 Å². The average molecular weight is 416 g/mol. The third kappa shape index (κ3) is 6.11. The summed E-state index contributed by atoms with van der Waals surface area (Å²) >= 11 is 1.54. The molecule has 0 bridgehead atoms. The van der Waals surface area contributed by atoms with E-state index in [4.69, 9.17) is 0 Å². The minimum absolute atomic E-state index is 0.0778. The van der Waals surface area contributed by atoms with Crippen molar-refractivity contribution in [1.29, 1.82) is 0 Å². The Kier molecular flexibility index (Phi) is 7.76. The number of nitrogens with one attached hydrogen (secondary N) is 1. The van der Waals surface area contributed by atoms with Crippen molar-refractivity contribution in [2.75, 3.05) is 50.4 Å². The molecule has 29 heavy (non-hydrogen) atoms. The highest BCUT2D eigenvalue weighted by molar-refractivity contribution is 7.98. The Morgan fingerprint density at radius 2 is 1.76 bits per heavy atom. The van der Waals surface area contributed by atoms with Gasteiger partial charge in [0, 0.05) is 69.5 Å². The van der Waals surface area contributed by atoms with Crippen LogP contribution in [0.4, 0.5) is 5.95 Å². The number of aryl methyl sites for hydroxylation is 2. The second kappa shape index (κ2) is 10.5. The minimum atomic E-state index is 0.0778. The fourth-order valence-corrected chi connectivity index (χ4v) is 3.92. The minimum Gasteiger partial charge on any atom is -0.355 e. The Bertz CT molecular complexity index is 787. The molecular weight excluding hydrogens is 386 g/mol. The van der Waals surface area contributed by atoms with Gasteiger partial charge in [-0.1, -0.05) is 11.8 Å². The molecule has 1 amide bonds. The zero-order valence-corrected chi connectivity index (χ0v) is 18.2. The Balaban J connectivity index is 1.36. The van der Waals surface area contributed by atoms with Gasteiger partial charge in [-0.15, -0.1) is 0 Å². The van der Waals surface area contributed by atoms with Gasteiger partial charge in [0.25, 0.3) is 0 Å². The molecule has 0 atom stereocenters. The molecule has 9 heteroatoms. The monoisotopic (exact) mass is 415 g/mol. The second-order valence-corrected chi connectivity index (χ2v) is 7.86. The number of nitrogens with zero attached hydrogens (tertiary/aromatic N) is 6. The fourth-order valence-electron chi connectivity index (χ4n) is 3.47. The molecule has 0 unspecified atom stereocenters. The van der Waals surface area contributed by atoms with E-state index in [9.17, 15) is 4.79 Å². The summed E-state index contributed by atoms with van der Waals surface area (Å²) in [5.41, 5.74) is 3.02. The summed E-state index contributed by atoms with van der Waals surface area (Å²) in [6, 6.07) is 1.83. The Morgan fingerprint density at radius 1 is 1.10 bits per heavy atom. The highest BCUT2D eigenvalue weighted by Gasteiger charge is 2.18. The van der Waals surface area contributed by atoms with E-state index in [1.165, 1.54) is 11.8 Å². The van der Waals surface area contributed by atoms with Crippen molar-refractivity contribution in [3.63, 3.8) is 0 Å². The number of thioether (sulfide) groups is 1. The fraction of sp³-hybridized carbons (Fsp3) is 0.550. The van der Waals surface area contributed by atoms with E-state index < -0.39 is 0 Å². The lowest BCUT2D eigenvalue weighted by Crippen LogP contribution is -2.49. The van der Waals surface area contributed by atoms with Crippen LogP contribution in [0.2, 0.25) is 0 Å². The molecule has 0 aromatic carbocycles. The summed E-state index contributed by atoms with van der Waals surface area (Å²) < 4.78 is 0. The van der Waals surface area contributed by atoms with Crippen molar-refractivity contribution in [3.8, 4) is 0 Å². The maximum absolute atomic E-state index is 12.2. The summed E-state index contributed by atoms with van der Waals surface area (Å²) in [7, 11) is 0. The predicted molar refractivity (Wildman–Crippen MR) is 115 cm³/mol. The smallest absolute Gasteiger partial charge is 0.225 e. The molecule has 1 fully saturated rings. The van der Waals surface area contributed by atoms with Gasteiger partial charge in [0.1, 0.15) is 0 Å². The Morgan fingerprint density at radius 3 is 2.38 bits per heavy atom. The van der Waals surface area contributed by atoms with Crippen LogP contribution in [0, 0.1) is 13.8 Å². The standard InChI is InChI=1S/C20H29N7OS/c1-15-17(16(2)25-20(24-15)29-3)5-6-18(28)21-9-10-26-11-13-27(14-12-26)19-22-7-4-8-23-19/h4,7-8H,5-6,9-14H2,1-3H3,(H,21,28). The van der Waals surface area contributed by atoms with Gasteiger partial charge in [0.2, 0.25) is 11.9 Å². The topological polar surface area (TPSA) is 87.1 Å². The molecule has 2 aromatic rings. The summed E-state index contributed by atoms with van der Waals surface area (Å²) in [6.45, 7) is 9.21. The molecule has 0 aliphatic carbocycles. The van der Waals surface area contributed by atoms with Crippen LogP contribution in [0.25, 0.3) is 0 Å². The van der Waals surface area contributed by atoms with E-state index in [2.05, 4.69) is 35.1 Å². The zero-order chi connectivity index (χ0) is 20.6. The number of carbonyl (C=O) groups excluding carboxylic acids is 1. The summed E-state index contributed by atoms with van der Waals surface area (Å²) in [5.74, 6) is 0.870. The molecule has 3 heterocycles. The molecule has 0 radical (unpaired) electrons. The third-order valence-electron chi connectivity index (χ3n) is 5.14. The number of hydrogen-bond donors (Lipinski definition) is 1. The maximum atomic E-state index is 12.2. The van der Waals surface area contributed by atoms with E-state index in [0.717, 1.165) is 60.8 Å². The summed E-state index contributed by atoms with van der Waals surface area (Å²) in [5, 5.41) is 3.83. The number of piperazine rings is 1. The number of anilines is 1. The second-order valence-electron chi connectivity index (χ2n) is 7.09. The first-order chi connectivity index (χ1) is 14.1. The third-order valence-corrected chi connectivity index (χ3v) is 5.69. The summed E-state index contributed by atoms with van der Waals surface area (Å²) in [6.07, 6.45) is 6.65. The van der Waals surface area contributed by atoms with Crippen LogP contribution in [0.3, 0.4) is 0 Å². The molecule has 0 spiro atoms. The van der Waals surface area contributed by atoms with E-state index in [0.29, 0.717) is 19.4 Å². The van der Waals surface area contributed by atoms with Crippen molar-refractivity contribution in [2.24, 2.45) is 0 Å².